The van der Waals surface area contributed by atoms with E-state index in [-0.39, 0.29) is 23.9 Å². The number of carboxylic acids is 1. The molecule has 1 heterocycles. The number of hydrogen-bond acceptors (Lipinski definition) is 4. The number of hydrogen-bond donors (Lipinski definition) is 1. The second kappa shape index (κ2) is 5.95. The lowest BCUT2D eigenvalue weighted by molar-refractivity contribution is -0.140. The highest BCUT2D eigenvalue weighted by atomic mass is 16.5. The first-order valence-corrected chi connectivity index (χ1v) is 6.74. The first-order valence-electron chi connectivity index (χ1n) is 6.74. The van der Waals surface area contributed by atoms with Crippen molar-refractivity contribution in [1.29, 1.82) is 0 Å². The van der Waals surface area contributed by atoms with Gasteiger partial charge in [0.15, 0.2) is 0 Å². The number of carbonyl (C=O) groups excluding carboxylic acids is 1. The lowest BCUT2D eigenvalue weighted by Crippen LogP contribution is -2.10. The molecular weight excluding hydrogens is 272 g/mol. The second-order valence-corrected chi connectivity index (χ2v) is 5.11. The van der Waals surface area contributed by atoms with Crippen molar-refractivity contribution in [3.05, 3.63) is 29.6 Å². The fourth-order valence-corrected chi connectivity index (χ4v) is 2.26. The van der Waals surface area contributed by atoms with E-state index in [1.807, 2.05) is 18.4 Å². The largest absolute Gasteiger partial charge is 0.478 e. The van der Waals surface area contributed by atoms with Gasteiger partial charge in [-0.2, -0.15) is 0 Å². The van der Waals surface area contributed by atoms with Crippen LogP contribution < -0.4 is 0 Å². The molecule has 1 aromatic carbocycles. The van der Waals surface area contributed by atoms with Gasteiger partial charge in [0, 0.05) is 12.5 Å². The van der Waals surface area contributed by atoms with Crippen molar-refractivity contribution in [2.75, 3.05) is 7.11 Å². The average molecular weight is 290 g/mol. The lowest BCUT2D eigenvalue weighted by Gasteiger charge is -2.10. The van der Waals surface area contributed by atoms with Gasteiger partial charge in [0.2, 0.25) is 0 Å². The molecule has 0 saturated heterocycles. The summed E-state index contributed by atoms with van der Waals surface area (Å²) in [5, 5.41) is 9.04. The standard InChI is InChI=1S/C15H18N2O4/c1-9(2)14-16-11-8-10(15(19)20)4-5-12(11)17(14)7-6-13(18)21-3/h4-5,8-9H,6-7H2,1-3H3,(H,19,20). The van der Waals surface area contributed by atoms with Crippen LogP contribution in [0.3, 0.4) is 0 Å². The van der Waals surface area contributed by atoms with Crippen LogP contribution >= 0.6 is 0 Å². The van der Waals surface area contributed by atoms with E-state index in [0.717, 1.165) is 11.3 Å². The van der Waals surface area contributed by atoms with E-state index in [9.17, 15) is 9.59 Å². The van der Waals surface area contributed by atoms with Crippen molar-refractivity contribution in [2.45, 2.75) is 32.7 Å². The number of nitrogens with zero attached hydrogens (tertiary/aromatic N) is 2. The van der Waals surface area contributed by atoms with Gasteiger partial charge in [-0.25, -0.2) is 9.78 Å². The second-order valence-electron chi connectivity index (χ2n) is 5.11. The summed E-state index contributed by atoms with van der Waals surface area (Å²) in [6.45, 7) is 4.48. The Labute approximate surface area is 122 Å². The molecule has 0 radical (unpaired) electrons. The molecule has 2 rings (SSSR count). The molecule has 0 saturated carbocycles. The van der Waals surface area contributed by atoms with E-state index in [4.69, 9.17) is 5.11 Å². The number of aromatic nitrogens is 2. The van der Waals surface area contributed by atoms with Gasteiger partial charge in [0.25, 0.3) is 0 Å². The first-order chi connectivity index (χ1) is 9.93. The molecule has 6 heteroatoms. The number of rotatable bonds is 5. The molecule has 112 valence electrons. The van der Waals surface area contributed by atoms with Crippen LogP contribution in [0.15, 0.2) is 18.2 Å². The maximum atomic E-state index is 11.3. The number of esters is 1. The van der Waals surface area contributed by atoms with Gasteiger partial charge in [0.1, 0.15) is 5.82 Å². The Morgan fingerprint density at radius 3 is 2.67 bits per heavy atom. The van der Waals surface area contributed by atoms with Gasteiger partial charge in [-0.05, 0) is 18.2 Å². The van der Waals surface area contributed by atoms with Crippen molar-refractivity contribution < 1.29 is 19.4 Å². The molecule has 6 nitrogen and oxygen atoms in total. The van der Waals surface area contributed by atoms with Gasteiger partial charge in [-0.15, -0.1) is 0 Å². The smallest absolute Gasteiger partial charge is 0.335 e. The zero-order valence-electron chi connectivity index (χ0n) is 12.3. The summed E-state index contributed by atoms with van der Waals surface area (Å²) in [4.78, 5) is 26.9. The Bertz CT molecular complexity index is 688. The van der Waals surface area contributed by atoms with E-state index in [2.05, 4.69) is 9.72 Å². The van der Waals surface area contributed by atoms with Gasteiger partial charge in [-0.3, -0.25) is 4.79 Å². The predicted octanol–water partition coefficient (Wildman–Crippen LogP) is 2.42. The molecule has 0 aliphatic rings. The van der Waals surface area contributed by atoms with Crippen LogP contribution in [-0.2, 0) is 16.1 Å². The molecule has 21 heavy (non-hydrogen) atoms. The third-order valence-corrected chi connectivity index (χ3v) is 3.31. The van der Waals surface area contributed by atoms with Crippen LogP contribution in [0, 0.1) is 0 Å². The molecule has 0 spiro atoms. The van der Waals surface area contributed by atoms with E-state index < -0.39 is 5.97 Å². The monoisotopic (exact) mass is 290 g/mol. The molecule has 0 unspecified atom stereocenters. The number of carboxylic acid groups (broad SMARTS) is 1. The summed E-state index contributed by atoms with van der Waals surface area (Å²) in [6.07, 6.45) is 0.252. The van der Waals surface area contributed by atoms with Gasteiger partial charge < -0.3 is 14.4 Å². The van der Waals surface area contributed by atoms with Gasteiger partial charge in [0.05, 0.1) is 30.1 Å². The molecule has 1 aromatic heterocycles. The van der Waals surface area contributed by atoms with Crippen LogP contribution in [0.5, 0.6) is 0 Å². The normalized spacial score (nSPS) is 11.0. The SMILES string of the molecule is COC(=O)CCn1c(C(C)C)nc2cc(C(=O)O)ccc21. The predicted molar refractivity (Wildman–Crippen MR) is 77.4 cm³/mol. The topological polar surface area (TPSA) is 81.4 Å². The Kier molecular flexibility index (Phi) is 4.26. The minimum Gasteiger partial charge on any atom is -0.478 e. The van der Waals surface area contributed by atoms with E-state index >= 15 is 0 Å². The molecule has 0 atom stereocenters. The number of methoxy groups -OCH3 is 1. The number of aromatic carboxylic acids is 1. The number of fused-ring (bicyclic) bond motifs is 1. The summed E-state index contributed by atoms with van der Waals surface area (Å²) in [6, 6.07) is 4.83. The lowest BCUT2D eigenvalue weighted by atomic mass is 10.2. The minimum atomic E-state index is -0.980. The van der Waals surface area contributed by atoms with Crippen LogP contribution in [0.1, 0.15) is 42.4 Å². The summed E-state index contributed by atoms with van der Waals surface area (Å²) < 4.78 is 6.61. The number of imidazole rings is 1. The fraction of sp³-hybridized carbons (Fsp3) is 0.400. The zero-order chi connectivity index (χ0) is 15.6. The van der Waals surface area contributed by atoms with Gasteiger partial charge in [-0.1, -0.05) is 13.8 Å². The highest BCUT2D eigenvalue weighted by Gasteiger charge is 2.16. The highest BCUT2D eigenvalue weighted by molar-refractivity contribution is 5.92. The number of ether oxygens (including phenoxy) is 1. The summed E-state index contributed by atoms with van der Waals surface area (Å²) in [7, 11) is 1.36. The Balaban J connectivity index is 2.47. The third-order valence-electron chi connectivity index (χ3n) is 3.31. The summed E-state index contributed by atoms with van der Waals surface area (Å²) >= 11 is 0. The average Bonchev–Trinajstić information content (AvgIpc) is 2.82. The number of aryl methyl sites for hydroxylation is 1. The van der Waals surface area contributed by atoms with Crippen molar-refractivity contribution in [3.8, 4) is 0 Å². The molecule has 0 aliphatic heterocycles. The number of benzene rings is 1. The van der Waals surface area contributed by atoms with Crippen LogP contribution in [0.2, 0.25) is 0 Å². The minimum absolute atomic E-state index is 0.170. The maximum absolute atomic E-state index is 11.3. The third kappa shape index (κ3) is 3.04. The molecule has 0 bridgehead atoms. The van der Waals surface area contributed by atoms with Crippen molar-refractivity contribution >= 4 is 23.0 Å². The maximum Gasteiger partial charge on any atom is 0.335 e. The van der Waals surface area contributed by atoms with Crippen LogP contribution in [0.25, 0.3) is 11.0 Å². The first kappa shape index (κ1) is 15.0. The van der Waals surface area contributed by atoms with E-state index in [1.54, 1.807) is 18.2 Å². The molecule has 2 aromatic rings. The highest BCUT2D eigenvalue weighted by Crippen LogP contribution is 2.23. The molecule has 0 fully saturated rings. The molecule has 0 aliphatic carbocycles. The van der Waals surface area contributed by atoms with Crippen LogP contribution in [0.4, 0.5) is 0 Å². The Morgan fingerprint density at radius 2 is 2.10 bits per heavy atom. The molecule has 0 amide bonds. The quantitative estimate of drug-likeness (QED) is 0.855. The number of carbonyl (C=O) groups is 2. The molecule has 1 N–H and O–H groups in total. The van der Waals surface area contributed by atoms with E-state index in [0.29, 0.717) is 12.1 Å². The Hall–Kier alpha value is -2.37. The summed E-state index contributed by atoms with van der Waals surface area (Å²) in [5.41, 5.74) is 1.66. The van der Waals surface area contributed by atoms with Crippen LogP contribution in [-0.4, -0.2) is 33.7 Å². The van der Waals surface area contributed by atoms with Crippen molar-refractivity contribution in [3.63, 3.8) is 0 Å². The molecular formula is C15H18N2O4. The fourth-order valence-electron chi connectivity index (χ4n) is 2.26. The van der Waals surface area contributed by atoms with E-state index in [1.165, 1.54) is 7.11 Å². The summed E-state index contributed by atoms with van der Waals surface area (Å²) in [5.74, 6) is -0.263. The zero-order valence-corrected chi connectivity index (χ0v) is 12.3. The van der Waals surface area contributed by atoms with Gasteiger partial charge >= 0.3 is 11.9 Å². The Morgan fingerprint density at radius 1 is 1.38 bits per heavy atom. The van der Waals surface area contributed by atoms with Crippen molar-refractivity contribution in [2.24, 2.45) is 0 Å². The van der Waals surface area contributed by atoms with Crippen molar-refractivity contribution in [1.82, 2.24) is 9.55 Å².